The molecule has 1 aliphatic rings. The zero-order valence-corrected chi connectivity index (χ0v) is 20.9. The van der Waals surface area contributed by atoms with Crippen LogP contribution in [0.2, 0.25) is 0 Å². The number of hydrogen-bond acceptors (Lipinski definition) is 6. The number of ether oxygens (including phenoxy) is 3. The molecule has 2 N–H and O–H groups in total. The minimum absolute atomic E-state index is 0.0862. The zero-order valence-electron chi connectivity index (χ0n) is 20.9. The number of amides is 3. The predicted octanol–water partition coefficient (Wildman–Crippen LogP) is 3.69. The van der Waals surface area contributed by atoms with Crippen LogP contribution in [-0.2, 0) is 14.3 Å². The number of nitrogens with zero attached hydrogens (tertiary/aromatic N) is 1. The first-order valence-corrected chi connectivity index (χ1v) is 11.9. The Hall–Kier alpha value is -3.23. The van der Waals surface area contributed by atoms with E-state index >= 15 is 0 Å². The summed E-state index contributed by atoms with van der Waals surface area (Å²) in [6.07, 6.45) is 4.04. The van der Waals surface area contributed by atoms with E-state index in [1.54, 1.807) is 23.1 Å². The van der Waals surface area contributed by atoms with Crippen molar-refractivity contribution in [2.75, 3.05) is 33.9 Å². The lowest BCUT2D eigenvalue weighted by molar-refractivity contribution is -0.136. The fourth-order valence-electron chi connectivity index (χ4n) is 3.88. The molecule has 188 valence electrons. The smallest absolute Gasteiger partial charge is 0.337 e. The van der Waals surface area contributed by atoms with Crippen molar-refractivity contribution in [1.82, 2.24) is 15.5 Å². The summed E-state index contributed by atoms with van der Waals surface area (Å²) in [4.78, 5) is 39.3. The number of hydrogen-bond donors (Lipinski definition) is 2. The molecule has 0 saturated heterocycles. The van der Waals surface area contributed by atoms with Crippen molar-refractivity contribution in [1.29, 1.82) is 0 Å². The molecule has 0 radical (unpaired) electrons. The van der Waals surface area contributed by atoms with Crippen LogP contribution >= 0.6 is 0 Å². The number of methoxy groups -OCH3 is 2. The van der Waals surface area contributed by atoms with Crippen molar-refractivity contribution >= 4 is 17.9 Å². The first-order valence-electron chi connectivity index (χ1n) is 11.9. The highest BCUT2D eigenvalue weighted by molar-refractivity contribution is 5.95. The maximum Gasteiger partial charge on any atom is 0.337 e. The zero-order chi connectivity index (χ0) is 25.1. The monoisotopic (exact) mass is 475 g/mol. The molecule has 9 nitrogen and oxygen atoms in total. The van der Waals surface area contributed by atoms with Crippen molar-refractivity contribution in [2.45, 2.75) is 58.9 Å². The summed E-state index contributed by atoms with van der Waals surface area (Å²) in [7, 11) is 2.81. The molecule has 1 heterocycles. The largest absolute Gasteiger partial charge is 0.493 e. The van der Waals surface area contributed by atoms with Gasteiger partial charge in [-0.05, 0) is 43.4 Å². The SMILES string of the molecule is CCCCC1=C(C(=O)OC)C(c2ccc(OCC(=O)N(CCC)CCC)c(OC)c2)NC(=O)N1. The van der Waals surface area contributed by atoms with Gasteiger partial charge in [0.05, 0.1) is 25.8 Å². The predicted molar refractivity (Wildman–Crippen MR) is 129 cm³/mol. The second kappa shape index (κ2) is 13.5. The van der Waals surface area contributed by atoms with Crippen molar-refractivity contribution in [3.63, 3.8) is 0 Å². The van der Waals surface area contributed by atoms with Gasteiger partial charge in [-0.2, -0.15) is 0 Å². The number of carbonyl (C=O) groups excluding carboxylic acids is 3. The van der Waals surface area contributed by atoms with E-state index in [4.69, 9.17) is 14.2 Å². The number of unbranched alkanes of at least 4 members (excludes halogenated alkanes) is 1. The molecule has 2 rings (SSSR count). The standard InChI is InChI=1S/C25H37N3O6/c1-6-9-10-18-22(24(30)33-5)23(27-25(31)26-18)17-11-12-19(20(15-17)32-4)34-16-21(29)28(13-7-2)14-8-3/h11-12,15,23H,6-10,13-14,16H2,1-5H3,(H2,26,27,31). The highest BCUT2D eigenvalue weighted by atomic mass is 16.5. The Morgan fingerprint density at radius 3 is 2.32 bits per heavy atom. The molecule has 34 heavy (non-hydrogen) atoms. The van der Waals surface area contributed by atoms with Crippen molar-refractivity contribution in [3.05, 3.63) is 35.0 Å². The molecule has 1 atom stereocenters. The van der Waals surface area contributed by atoms with E-state index in [0.29, 0.717) is 47.8 Å². The molecule has 0 aromatic heterocycles. The third-order valence-corrected chi connectivity index (χ3v) is 5.55. The molecule has 3 amide bonds. The van der Waals surface area contributed by atoms with Gasteiger partial charge in [0, 0.05) is 18.8 Å². The Kier molecular flexibility index (Phi) is 10.7. The molecule has 0 aliphatic carbocycles. The van der Waals surface area contributed by atoms with Crippen LogP contribution in [-0.4, -0.2) is 56.7 Å². The number of nitrogens with one attached hydrogen (secondary N) is 2. The van der Waals surface area contributed by atoms with Crippen LogP contribution in [0.25, 0.3) is 0 Å². The maximum absolute atomic E-state index is 12.6. The average Bonchev–Trinajstić information content (AvgIpc) is 2.84. The van der Waals surface area contributed by atoms with E-state index in [1.165, 1.54) is 14.2 Å². The van der Waals surface area contributed by atoms with Gasteiger partial charge in [0.25, 0.3) is 5.91 Å². The van der Waals surface area contributed by atoms with Gasteiger partial charge >= 0.3 is 12.0 Å². The number of rotatable bonds is 13. The molecule has 9 heteroatoms. The summed E-state index contributed by atoms with van der Waals surface area (Å²) in [6, 6.07) is 4.03. The van der Waals surface area contributed by atoms with Gasteiger partial charge < -0.3 is 29.7 Å². The highest BCUT2D eigenvalue weighted by Crippen LogP contribution is 2.35. The second-order valence-electron chi connectivity index (χ2n) is 8.10. The molecule has 1 aromatic carbocycles. The lowest BCUT2D eigenvalue weighted by Crippen LogP contribution is -2.45. The van der Waals surface area contributed by atoms with Crippen LogP contribution in [0.4, 0.5) is 4.79 Å². The molecule has 0 saturated carbocycles. The second-order valence-corrected chi connectivity index (χ2v) is 8.10. The highest BCUT2D eigenvalue weighted by Gasteiger charge is 2.33. The Balaban J connectivity index is 2.31. The summed E-state index contributed by atoms with van der Waals surface area (Å²) in [5.41, 5.74) is 1.55. The van der Waals surface area contributed by atoms with Crippen LogP contribution in [0.1, 0.15) is 64.5 Å². The van der Waals surface area contributed by atoms with Crippen LogP contribution in [0.3, 0.4) is 0 Å². The lowest BCUT2D eigenvalue weighted by atomic mass is 9.93. The topological polar surface area (TPSA) is 106 Å². The van der Waals surface area contributed by atoms with Gasteiger partial charge in [-0.3, -0.25) is 4.79 Å². The van der Waals surface area contributed by atoms with E-state index in [-0.39, 0.29) is 18.5 Å². The van der Waals surface area contributed by atoms with E-state index in [9.17, 15) is 14.4 Å². The summed E-state index contributed by atoms with van der Waals surface area (Å²) < 4.78 is 16.3. The Labute approximate surface area is 201 Å². The molecular weight excluding hydrogens is 438 g/mol. The van der Waals surface area contributed by atoms with E-state index in [2.05, 4.69) is 10.6 Å². The minimum Gasteiger partial charge on any atom is -0.493 e. The Morgan fingerprint density at radius 1 is 1.03 bits per heavy atom. The minimum atomic E-state index is -0.706. The molecule has 1 unspecified atom stereocenters. The van der Waals surface area contributed by atoms with E-state index in [1.807, 2.05) is 20.8 Å². The number of urea groups is 1. The van der Waals surface area contributed by atoms with Gasteiger partial charge in [0.1, 0.15) is 0 Å². The molecule has 0 spiro atoms. The molecule has 0 bridgehead atoms. The Bertz CT molecular complexity index is 893. The number of allylic oxidation sites excluding steroid dienone is 1. The van der Waals surface area contributed by atoms with Gasteiger partial charge in [-0.25, -0.2) is 9.59 Å². The summed E-state index contributed by atoms with van der Waals surface area (Å²) in [6.45, 7) is 7.37. The Morgan fingerprint density at radius 2 is 1.74 bits per heavy atom. The van der Waals surface area contributed by atoms with Crippen molar-refractivity contribution < 1.29 is 28.6 Å². The summed E-state index contributed by atoms with van der Waals surface area (Å²) in [5, 5.41) is 5.55. The fraction of sp³-hybridized carbons (Fsp3) is 0.560. The normalized spacial score (nSPS) is 15.3. The average molecular weight is 476 g/mol. The van der Waals surface area contributed by atoms with Gasteiger partial charge in [0.2, 0.25) is 0 Å². The van der Waals surface area contributed by atoms with Crippen LogP contribution < -0.4 is 20.1 Å². The molecule has 1 aromatic rings. The quantitative estimate of drug-likeness (QED) is 0.422. The first-order chi connectivity index (χ1) is 16.4. The summed E-state index contributed by atoms with van der Waals surface area (Å²) in [5.74, 6) is 0.204. The van der Waals surface area contributed by atoms with Gasteiger partial charge in [-0.15, -0.1) is 0 Å². The van der Waals surface area contributed by atoms with Gasteiger partial charge in [-0.1, -0.05) is 33.3 Å². The van der Waals surface area contributed by atoms with Crippen molar-refractivity contribution in [3.8, 4) is 11.5 Å². The van der Waals surface area contributed by atoms with E-state index < -0.39 is 12.0 Å². The van der Waals surface area contributed by atoms with Crippen LogP contribution in [0.5, 0.6) is 11.5 Å². The molecular formula is C25H37N3O6. The first kappa shape index (κ1) is 27.0. The van der Waals surface area contributed by atoms with Crippen molar-refractivity contribution in [2.24, 2.45) is 0 Å². The summed E-state index contributed by atoms with van der Waals surface area (Å²) >= 11 is 0. The van der Waals surface area contributed by atoms with E-state index in [0.717, 1.165) is 25.7 Å². The van der Waals surface area contributed by atoms with Crippen LogP contribution in [0.15, 0.2) is 29.5 Å². The third kappa shape index (κ3) is 6.88. The third-order valence-electron chi connectivity index (χ3n) is 5.55. The number of benzene rings is 1. The number of esters is 1. The van der Waals surface area contributed by atoms with Crippen LogP contribution in [0, 0.1) is 0 Å². The van der Waals surface area contributed by atoms with Gasteiger partial charge in [0.15, 0.2) is 18.1 Å². The molecule has 0 fully saturated rings. The molecule has 1 aliphatic heterocycles. The fourth-order valence-corrected chi connectivity index (χ4v) is 3.88. The number of carbonyl (C=O) groups is 3. The maximum atomic E-state index is 12.6. The lowest BCUT2D eigenvalue weighted by Gasteiger charge is -2.29.